The van der Waals surface area contributed by atoms with Gasteiger partial charge in [0.05, 0.1) is 5.69 Å². The van der Waals surface area contributed by atoms with Crippen LogP contribution in [0.15, 0.2) is 16.7 Å². The van der Waals surface area contributed by atoms with Crippen molar-refractivity contribution in [1.29, 1.82) is 0 Å². The van der Waals surface area contributed by atoms with Crippen molar-refractivity contribution in [3.05, 3.63) is 21.9 Å². The van der Waals surface area contributed by atoms with Crippen LogP contribution in [0, 0.1) is 0 Å². The quantitative estimate of drug-likeness (QED) is 0.696. The molecular weight excluding hydrogens is 227 g/mol. The molecule has 4 heteroatoms. The Morgan fingerprint density at radius 1 is 1.55 bits per heavy atom. The average Bonchev–Trinajstić information content (AvgIpc) is 1.94. The van der Waals surface area contributed by atoms with Crippen LogP contribution in [0.2, 0.25) is 5.15 Å². The van der Waals surface area contributed by atoms with Gasteiger partial charge < -0.3 is 4.90 Å². The number of hydrogen-bond donors (Lipinski definition) is 0. The van der Waals surface area contributed by atoms with E-state index in [1.165, 1.54) is 0 Å². The van der Waals surface area contributed by atoms with Crippen molar-refractivity contribution < 1.29 is 0 Å². The lowest BCUT2D eigenvalue weighted by Crippen LogP contribution is -2.09. The summed E-state index contributed by atoms with van der Waals surface area (Å²) in [7, 11) is 3.85. The first-order valence-corrected chi connectivity index (χ1v) is 4.26. The Morgan fingerprint density at radius 3 is 2.64 bits per heavy atom. The zero-order valence-corrected chi connectivity index (χ0v) is 8.65. The van der Waals surface area contributed by atoms with Crippen LogP contribution in [0.3, 0.4) is 0 Å². The van der Waals surface area contributed by atoms with E-state index in [1.54, 1.807) is 6.20 Å². The monoisotopic (exact) mass is 234 g/mol. The minimum absolute atomic E-state index is 0.526. The molecule has 0 aliphatic rings. The molecule has 2 nitrogen and oxygen atoms in total. The molecule has 11 heavy (non-hydrogen) atoms. The molecule has 60 valence electrons. The Morgan fingerprint density at radius 2 is 2.18 bits per heavy atom. The SMILES string of the molecule is CN(C)c1cc(Br)cnc1Cl. The second-order valence-electron chi connectivity index (χ2n) is 2.36. The zero-order chi connectivity index (χ0) is 8.43. The molecule has 0 aliphatic carbocycles. The molecule has 0 unspecified atom stereocenters. The molecule has 0 atom stereocenters. The molecule has 0 amide bonds. The van der Waals surface area contributed by atoms with E-state index >= 15 is 0 Å². The van der Waals surface area contributed by atoms with Gasteiger partial charge in [0.1, 0.15) is 0 Å². The van der Waals surface area contributed by atoms with Crippen LogP contribution in [0.25, 0.3) is 0 Å². The normalized spacial score (nSPS) is 9.82. The highest BCUT2D eigenvalue weighted by atomic mass is 79.9. The molecule has 1 aromatic heterocycles. The van der Waals surface area contributed by atoms with Crippen molar-refractivity contribution in [2.45, 2.75) is 0 Å². The largest absolute Gasteiger partial charge is 0.375 e. The Bertz CT molecular complexity index is 263. The summed E-state index contributed by atoms with van der Waals surface area (Å²) in [5.41, 5.74) is 0.918. The number of hydrogen-bond acceptors (Lipinski definition) is 2. The molecule has 0 bridgehead atoms. The molecule has 0 saturated carbocycles. The Labute approximate surface area is 79.3 Å². The summed E-state index contributed by atoms with van der Waals surface area (Å²) < 4.78 is 0.936. The van der Waals surface area contributed by atoms with E-state index in [4.69, 9.17) is 11.6 Å². The third kappa shape index (κ3) is 2.07. The molecule has 1 rings (SSSR count). The van der Waals surface area contributed by atoms with Gasteiger partial charge in [0.2, 0.25) is 0 Å². The molecule has 1 aromatic rings. The third-order valence-corrected chi connectivity index (χ3v) is 1.99. The number of anilines is 1. The molecule has 0 saturated heterocycles. The van der Waals surface area contributed by atoms with Gasteiger partial charge in [0.15, 0.2) is 5.15 Å². The molecule has 0 N–H and O–H groups in total. The lowest BCUT2D eigenvalue weighted by atomic mass is 10.4. The Kier molecular flexibility index (Phi) is 2.73. The molecule has 0 spiro atoms. The van der Waals surface area contributed by atoms with E-state index in [2.05, 4.69) is 20.9 Å². The lowest BCUT2D eigenvalue weighted by Gasteiger charge is -2.13. The fourth-order valence-electron chi connectivity index (χ4n) is 0.726. The van der Waals surface area contributed by atoms with Crippen LogP contribution in [-0.4, -0.2) is 19.1 Å². The number of aromatic nitrogens is 1. The highest BCUT2D eigenvalue weighted by Crippen LogP contribution is 2.24. The van der Waals surface area contributed by atoms with E-state index in [0.717, 1.165) is 10.2 Å². The second-order valence-corrected chi connectivity index (χ2v) is 3.63. The van der Waals surface area contributed by atoms with E-state index in [0.29, 0.717) is 5.15 Å². The fourth-order valence-corrected chi connectivity index (χ4v) is 1.32. The van der Waals surface area contributed by atoms with E-state index < -0.39 is 0 Å². The maximum atomic E-state index is 5.82. The molecule has 0 radical (unpaired) electrons. The maximum Gasteiger partial charge on any atom is 0.152 e. The number of rotatable bonds is 1. The molecule has 0 fully saturated rings. The van der Waals surface area contributed by atoms with Crippen LogP contribution in [0.1, 0.15) is 0 Å². The maximum absolute atomic E-state index is 5.82. The van der Waals surface area contributed by atoms with Gasteiger partial charge in [-0.3, -0.25) is 0 Å². The molecular formula is C7H8BrClN2. The smallest absolute Gasteiger partial charge is 0.152 e. The van der Waals surface area contributed by atoms with E-state index in [1.807, 2.05) is 25.1 Å². The summed E-state index contributed by atoms with van der Waals surface area (Å²) in [6.07, 6.45) is 1.68. The molecule has 0 aliphatic heterocycles. The van der Waals surface area contributed by atoms with Crippen molar-refractivity contribution in [3.8, 4) is 0 Å². The average molecular weight is 236 g/mol. The lowest BCUT2D eigenvalue weighted by molar-refractivity contribution is 1.11. The number of pyridine rings is 1. The van der Waals surface area contributed by atoms with Gasteiger partial charge in [-0.15, -0.1) is 0 Å². The number of nitrogens with zero attached hydrogens (tertiary/aromatic N) is 2. The summed E-state index contributed by atoms with van der Waals surface area (Å²) >= 11 is 9.13. The van der Waals surface area contributed by atoms with Crippen molar-refractivity contribution in [2.24, 2.45) is 0 Å². The summed E-state index contributed by atoms with van der Waals surface area (Å²) in [6, 6.07) is 1.93. The summed E-state index contributed by atoms with van der Waals surface area (Å²) in [4.78, 5) is 5.89. The first-order valence-electron chi connectivity index (χ1n) is 3.09. The van der Waals surface area contributed by atoms with Crippen LogP contribution in [0.5, 0.6) is 0 Å². The van der Waals surface area contributed by atoms with Crippen LogP contribution in [-0.2, 0) is 0 Å². The Balaban J connectivity index is 3.13. The van der Waals surface area contributed by atoms with Crippen molar-refractivity contribution in [1.82, 2.24) is 4.98 Å². The number of halogens is 2. The van der Waals surface area contributed by atoms with Crippen molar-refractivity contribution in [2.75, 3.05) is 19.0 Å². The molecule has 1 heterocycles. The standard InChI is InChI=1S/C7H8BrClN2/c1-11(2)6-3-5(8)4-10-7(6)9/h3-4H,1-2H3. The van der Waals surface area contributed by atoms with Gasteiger partial charge in [0.25, 0.3) is 0 Å². The van der Waals surface area contributed by atoms with Crippen LogP contribution in [0.4, 0.5) is 5.69 Å². The van der Waals surface area contributed by atoms with E-state index in [-0.39, 0.29) is 0 Å². The summed E-state index contributed by atoms with van der Waals surface area (Å²) in [5.74, 6) is 0. The highest BCUT2D eigenvalue weighted by Gasteiger charge is 2.02. The van der Waals surface area contributed by atoms with Gasteiger partial charge >= 0.3 is 0 Å². The first-order chi connectivity index (χ1) is 5.11. The predicted octanol–water partition coefficient (Wildman–Crippen LogP) is 2.56. The van der Waals surface area contributed by atoms with Crippen molar-refractivity contribution >= 4 is 33.2 Å². The van der Waals surface area contributed by atoms with Gasteiger partial charge in [-0.2, -0.15) is 0 Å². The minimum Gasteiger partial charge on any atom is -0.375 e. The third-order valence-electron chi connectivity index (χ3n) is 1.27. The Hall–Kier alpha value is -0.280. The second kappa shape index (κ2) is 3.41. The predicted molar refractivity (Wildman–Crippen MR) is 51.3 cm³/mol. The summed E-state index contributed by atoms with van der Waals surface area (Å²) in [5, 5.41) is 0.526. The van der Waals surface area contributed by atoms with Crippen LogP contribution < -0.4 is 4.90 Å². The van der Waals surface area contributed by atoms with Crippen LogP contribution >= 0.6 is 27.5 Å². The van der Waals surface area contributed by atoms with Gasteiger partial charge in [0, 0.05) is 24.8 Å². The highest BCUT2D eigenvalue weighted by molar-refractivity contribution is 9.10. The van der Waals surface area contributed by atoms with Crippen molar-refractivity contribution in [3.63, 3.8) is 0 Å². The summed E-state index contributed by atoms with van der Waals surface area (Å²) in [6.45, 7) is 0. The minimum atomic E-state index is 0.526. The molecule has 0 aromatic carbocycles. The first kappa shape index (κ1) is 8.81. The zero-order valence-electron chi connectivity index (χ0n) is 6.31. The fraction of sp³-hybridized carbons (Fsp3) is 0.286. The van der Waals surface area contributed by atoms with Gasteiger partial charge in [-0.25, -0.2) is 4.98 Å². The van der Waals surface area contributed by atoms with Gasteiger partial charge in [-0.05, 0) is 22.0 Å². The van der Waals surface area contributed by atoms with Gasteiger partial charge in [-0.1, -0.05) is 11.6 Å². The van der Waals surface area contributed by atoms with E-state index in [9.17, 15) is 0 Å². The topological polar surface area (TPSA) is 16.1 Å².